The van der Waals surface area contributed by atoms with E-state index in [1.807, 2.05) is 30.3 Å². The first-order chi connectivity index (χ1) is 12.4. The minimum atomic E-state index is -3.68. The highest BCUT2D eigenvalue weighted by Gasteiger charge is 2.52. The van der Waals surface area contributed by atoms with Crippen LogP contribution in [0.3, 0.4) is 0 Å². The standard InChI is InChI=1S/C17H23N3O5S/c1-26(23,24)20-14(16(21)18-12-13-5-3-2-4-6-13)11-15(20)17(22)19-7-9-25-10-8-19/h2-6,14-15H,7-12H2,1H3,(H,18,21)/t14-,15+/m1/s1. The molecular weight excluding hydrogens is 358 g/mol. The molecule has 2 heterocycles. The lowest BCUT2D eigenvalue weighted by molar-refractivity contribution is -0.147. The lowest BCUT2D eigenvalue weighted by atomic mass is 9.94. The number of morpholine rings is 1. The van der Waals surface area contributed by atoms with Crippen LogP contribution in [0.15, 0.2) is 30.3 Å². The number of carbonyl (C=O) groups is 2. The summed E-state index contributed by atoms with van der Waals surface area (Å²) in [6.45, 7) is 2.09. The molecule has 2 amide bonds. The summed E-state index contributed by atoms with van der Waals surface area (Å²) in [6.07, 6.45) is 1.23. The van der Waals surface area contributed by atoms with Crippen molar-refractivity contribution in [2.24, 2.45) is 0 Å². The number of nitrogens with one attached hydrogen (secondary N) is 1. The van der Waals surface area contributed by atoms with E-state index in [0.29, 0.717) is 32.8 Å². The Balaban J connectivity index is 1.64. The fourth-order valence-electron chi connectivity index (χ4n) is 3.29. The predicted molar refractivity (Wildman–Crippen MR) is 94.6 cm³/mol. The molecule has 0 unspecified atom stereocenters. The molecule has 3 rings (SSSR count). The largest absolute Gasteiger partial charge is 0.378 e. The first-order valence-corrected chi connectivity index (χ1v) is 10.4. The second-order valence-corrected chi connectivity index (χ2v) is 8.39. The number of hydrogen-bond acceptors (Lipinski definition) is 5. The Bertz CT molecular complexity index is 762. The van der Waals surface area contributed by atoms with Gasteiger partial charge in [-0.3, -0.25) is 9.59 Å². The van der Waals surface area contributed by atoms with E-state index in [0.717, 1.165) is 16.1 Å². The van der Waals surface area contributed by atoms with Crippen molar-refractivity contribution in [3.8, 4) is 0 Å². The number of sulfonamides is 1. The van der Waals surface area contributed by atoms with Gasteiger partial charge in [-0.05, 0) is 12.0 Å². The Labute approximate surface area is 153 Å². The van der Waals surface area contributed by atoms with E-state index in [-0.39, 0.29) is 18.2 Å². The molecule has 0 aromatic heterocycles. The Kier molecular flexibility index (Phi) is 5.59. The maximum absolute atomic E-state index is 12.6. The molecule has 9 heteroatoms. The molecule has 26 heavy (non-hydrogen) atoms. The monoisotopic (exact) mass is 381 g/mol. The quantitative estimate of drug-likeness (QED) is 0.746. The third kappa shape index (κ3) is 4.05. The van der Waals surface area contributed by atoms with Crippen LogP contribution in [-0.2, 0) is 30.9 Å². The zero-order valence-electron chi connectivity index (χ0n) is 14.6. The molecule has 1 aromatic carbocycles. The molecule has 2 aliphatic heterocycles. The Morgan fingerprint density at radius 3 is 2.42 bits per heavy atom. The molecule has 0 aliphatic carbocycles. The van der Waals surface area contributed by atoms with Crippen LogP contribution in [0.1, 0.15) is 12.0 Å². The molecule has 142 valence electrons. The molecule has 8 nitrogen and oxygen atoms in total. The molecule has 2 fully saturated rings. The molecule has 2 aliphatic rings. The average Bonchev–Trinajstić information content (AvgIpc) is 2.59. The molecule has 1 aromatic rings. The fourth-order valence-corrected chi connectivity index (χ4v) is 4.57. The summed E-state index contributed by atoms with van der Waals surface area (Å²) in [4.78, 5) is 26.7. The second kappa shape index (κ2) is 7.73. The summed E-state index contributed by atoms with van der Waals surface area (Å²) < 4.78 is 30.6. The van der Waals surface area contributed by atoms with E-state index in [4.69, 9.17) is 4.74 Å². The molecule has 0 spiro atoms. The number of rotatable bonds is 5. The van der Waals surface area contributed by atoms with Crippen molar-refractivity contribution >= 4 is 21.8 Å². The summed E-state index contributed by atoms with van der Waals surface area (Å²) in [5.41, 5.74) is 0.923. The maximum Gasteiger partial charge on any atom is 0.241 e. The average molecular weight is 381 g/mol. The van der Waals surface area contributed by atoms with E-state index >= 15 is 0 Å². The summed E-state index contributed by atoms with van der Waals surface area (Å²) in [5, 5.41) is 2.75. The molecule has 0 radical (unpaired) electrons. The summed E-state index contributed by atoms with van der Waals surface area (Å²) >= 11 is 0. The van der Waals surface area contributed by atoms with Crippen LogP contribution in [0.4, 0.5) is 0 Å². The first-order valence-electron chi connectivity index (χ1n) is 8.54. The lowest BCUT2D eigenvalue weighted by Gasteiger charge is -2.46. The van der Waals surface area contributed by atoms with Gasteiger partial charge in [0.05, 0.1) is 19.5 Å². The third-order valence-electron chi connectivity index (χ3n) is 4.66. The Morgan fingerprint density at radius 1 is 1.15 bits per heavy atom. The van der Waals surface area contributed by atoms with Crippen molar-refractivity contribution in [1.29, 1.82) is 0 Å². The highest BCUT2D eigenvalue weighted by Crippen LogP contribution is 2.30. The fraction of sp³-hybridized carbons (Fsp3) is 0.529. The van der Waals surface area contributed by atoms with E-state index < -0.39 is 22.1 Å². The Hall–Kier alpha value is -1.97. The van der Waals surface area contributed by atoms with Gasteiger partial charge in [0.2, 0.25) is 21.8 Å². The normalized spacial score (nSPS) is 24.0. The predicted octanol–water partition coefficient (Wildman–Crippen LogP) is -0.436. The first kappa shape index (κ1) is 18.8. The molecular formula is C17H23N3O5S. The topological polar surface area (TPSA) is 96.0 Å². The second-order valence-electron chi connectivity index (χ2n) is 6.50. The SMILES string of the molecule is CS(=O)(=O)N1[C@@H](C(=O)NCc2ccccc2)C[C@H]1C(=O)N1CCOCC1. The Morgan fingerprint density at radius 2 is 1.81 bits per heavy atom. The van der Waals surface area contributed by atoms with Gasteiger partial charge in [0.15, 0.2) is 0 Å². The molecule has 2 atom stereocenters. The summed E-state index contributed by atoms with van der Waals surface area (Å²) in [6, 6.07) is 7.71. The van der Waals surface area contributed by atoms with Crippen molar-refractivity contribution in [3.05, 3.63) is 35.9 Å². The van der Waals surface area contributed by atoms with E-state index in [2.05, 4.69) is 5.32 Å². The van der Waals surface area contributed by atoms with Crippen LogP contribution in [-0.4, -0.2) is 74.1 Å². The van der Waals surface area contributed by atoms with E-state index in [1.54, 1.807) is 4.90 Å². The van der Waals surface area contributed by atoms with Crippen molar-refractivity contribution in [1.82, 2.24) is 14.5 Å². The summed E-state index contributed by atoms with van der Waals surface area (Å²) in [7, 11) is -3.68. The van der Waals surface area contributed by atoms with Gasteiger partial charge in [0.25, 0.3) is 0 Å². The number of benzene rings is 1. The van der Waals surface area contributed by atoms with Crippen LogP contribution < -0.4 is 5.32 Å². The third-order valence-corrected chi connectivity index (χ3v) is 5.94. The van der Waals surface area contributed by atoms with Crippen molar-refractivity contribution in [3.63, 3.8) is 0 Å². The lowest BCUT2D eigenvalue weighted by Crippen LogP contribution is -2.68. The number of hydrogen-bond donors (Lipinski definition) is 1. The molecule has 2 saturated heterocycles. The number of amides is 2. The molecule has 1 N–H and O–H groups in total. The molecule has 0 saturated carbocycles. The minimum Gasteiger partial charge on any atom is -0.378 e. The van der Waals surface area contributed by atoms with Gasteiger partial charge in [-0.15, -0.1) is 0 Å². The minimum absolute atomic E-state index is 0.198. The molecule has 0 bridgehead atoms. The zero-order chi connectivity index (χ0) is 18.7. The number of ether oxygens (including phenoxy) is 1. The van der Waals surface area contributed by atoms with Gasteiger partial charge in [0, 0.05) is 19.6 Å². The van der Waals surface area contributed by atoms with Gasteiger partial charge in [0.1, 0.15) is 12.1 Å². The highest BCUT2D eigenvalue weighted by molar-refractivity contribution is 7.88. The van der Waals surface area contributed by atoms with Crippen molar-refractivity contribution in [2.45, 2.75) is 25.0 Å². The van der Waals surface area contributed by atoms with Crippen LogP contribution in [0.2, 0.25) is 0 Å². The number of nitrogens with zero attached hydrogens (tertiary/aromatic N) is 2. The van der Waals surface area contributed by atoms with Gasteiger partial charge in [-0.1, -0.05) is 30.3 Å². The van der Waals surface area contributed by atoms with Crippen LogP contribution in [0.25, 0.3) is 0 Å². The van der Waals surface area contributed by atoms with Gasteiger partial charge in [-0.25, -0.2) is 8.42 Å². The maximum atomic E-state index is 12.6. The van der Waals surface area contributed by atoms with Gasteiger partial charge in [-0.2, -0.15) is 4.31 Å². The van der Waals surface area contributed by atoms with Crippen LogP contribution in [0.5, 0.6) is 0 Å². The number of carbonyl (C=O) groups excluding carboxylic acids is 2. The summed E-state index contributed by atoms with van der Waals surface area (Å²) in [5.74, 6) is -0.642. The van der Waals surface area contributed by atoms with Crippen molar-refractivity contribution in [2.75, 3.05) is 32.6 Å². The zero-order valence-corrected chi connectivity index (χ0v) is 15.4. The van der Waals surface area contributed by atoms with E-state index in [9.17, 15) is 18.0 Å². The smallest absolute Gasteiger partial charge is 0.241 e. The highest BCUT2D eigenvalue weighted by atomic mass is 32.2. The van der Waals surface area contributed by atoms with Crippen molar-refractivity contribution < 1.29 is 22.7 Å². The van der Waals surface area contributed by atoms with Gasteiger partial charge >= 0.3 is 0 Å². The van der Waals surface area contributed by atoms with Gasteiger partial charge < -0.3 is 15.0 Å². The van der Waals surface area contributed by atoms with Crippen LogP contribution >= 0.6 is 0 Å². The van der Waals surface area contributed by atoms with E-state index in [1.165, 1.54) is 0 Å². The van der Waals surface area contributed by atoms with Crippen LogP contribution in [0, 0.1) is 0 Å².